The maximum Gasteiger partial charge on any atom is 0.324 e. The molecule has 1 heterocycles. The third-order valence-electron chi connectivity index (χ3n) is 2.15. The van der Waals surface area contributed by atoms with Gasteiger partial charge in [0.2, 0.25) is 0 Å². The minimum absolute atomic E-state index is 0.682. The molecule has 1 rings (SSSR count). The summed E-state index contributed by atoms with van der Waals surface area (Å²) in [5.41, 5.74) is 5.21. The van der Waals surface area contributed by atoms with Crippen LogP contribution in [0.1, 0.15) is 0 Å². The molecular weight excluding hydrogens is 306 g/mol. The second-order valence-electron chi connectivity index (χ2n) is 3.88. The predicted octanol–water partition coefficient (Wildman–Crippen LogP) is 1.89. The van der Waals surface area contributed by atoms with E-state index >= 15 is 0 Å². The van der Waals surface area contributed by atoms with Crippen molar-refractivity contribution in [2.75, 3.05) is 0 Å². The summed E-state index contributed by atoms with van der Waals surface area (Å²) >= 11 is 0. The average Bonchev–Trinajstić information content (AvgIpc) is 2.57. The van der Waals surface area contributed by atoms with Crippen molar-refractivity contribution < 1.29 is 4.79 Å². The molecule has 2 N–H and O–H groups in total. The van der Waals surface area contributed by atoms with Crippen molar-refractivity contribution in [3.8, 4) is 0 Å². The normalized spacial score (nSPS) is 8.33. The van der Waals surface area contributed by atoms with Crippen molar-refractivity contribution in [2.45, 2.75) is 0 Å². The number of amides is 1. The number of hydrogen-bond donors (Lipinski definition) is 1. The number of aromatic nitrogens is 6. The highest BCUT2D eigenvalue weighted by Gasteiger charge is 1.88. The van der Waals surface area contributed by atoms with Gasteiger partial charge in [0.25, 0.3) is 0 Å². The second kappa shape index (κ2) is 13.0. The van der Waals surface area contributed by atoms with Crippen LogP contribution in [0.3, 0.4) is 0 Å². The van der Waals surface area contributed by atoms with Crippen LogP contribution in [-0.2, 0) is 0 Å². The van der Waals surface area contributed by atoms with Gasteiger partial charge in [0, 0.05) is 49.6 Å². The molecule has 8 nitrogen and oxygen atoms in total. The molecule has 1 aromatic rings. The van der Waals surface area contributed by atoms with Crippen molar-refractivity contribution in [3.63, 3.8) is 0 Å². The third-order valence-corrected chi connectivity index (χ3v) is 2.15. The van der Waals surface area contributed by atoms with Crippen LogP contribution >= 0.6 is 0 Å². The highest BCUT2D eigenvalue weighted by Crippen LogP contribution is 1.77. The zero-order valence-corrected chi connectivity index (χ0v) is 12.8. The van der Waals surface area contributed by atoms with Gasteiger partial charge in [0.1, 0.15) is 12.7 Å². The Morgan fingerprint density at radius 3 is 1.88 bits per heavy atom. The average molecular weight is 323 g/mol. The molecule has 0 aliphatic heterocycles. The van der Waals surface area contributed by atoms with E-state index in [1.807, 2.05) is 0 Å². The molecule has 0 radical (unpaired) electrons. The second-order valence-corrected chi connectivity index (χ2v) is 3.88. The number of carbonyl (C=O) groups excluding carboxylic acids is 1. The summed E-state index contributed by atoms with van der Waals surface area (Å²) in [5, 5.41) is 0. The van der Waals surface area contributed by atoms with Crippen LogP contribution in [0, 0.1) is 0 Å². The summed E-state index contributed by atoms with van der Waals surface area (Å²) in [5.74, 6) is 0. The summed E-state index contributed by atoms with van der Waals surface area (Å²) in [6.45, 7) is 0. The molecule has 1 amide bonds. The molecule has 0 aliphatic rings. The Kier molecular flexibility index (Phi) is 9.96. The molecule has 122 valence electrons. The molecule has 0 bridgehead atoms. The van der Waals surface area contributed by atoms with E-state index in [2.05, 4.69) is 24.9 Å². The van der Waals surface area contributed by atoms with Crippen molar-refractivity contribution in [1.29, 1.82) is 0 Å². The molecule has 1 aromatic heterocycles. The molecule has 0 saturated carbocycles. The zero-order chi connectivity index (χ0) is 17.3. The van der Waals surface area contributed by atoms with Gasteiger partial charge in [-0.1, -0.05) is 6.07 Å². The molecule has 24 heavy (non-hydrogen) atoms. The topological polar surface area (TPSA) is 112 Å². The van der Waals surface area contributed by atoms with Gasteiger partial charge in [-0.05, 0) is 24.3 Å². The number of nitrogens with two attached hydrogens (primary N) is 1. The van der Waals surface area contributed by atoms with Crippen molar-refractivity contribution in [1.82, 2.24) is 29.5 Å². The summed E-state index contributed by atoms with van der Waals surface area (Å²) < 4.78 is 1.09. The SMILES string of the molecule is NC(=O)n1ccnccncccccncnccccnc1. The number of nitrogens with zero attached hydrogens (tertiary/aromatic N) is 6. The van der Waals surface area contributed by atoms with E-state index in [9.17, 15) is 4.79 Å². The van der Waals surface area contributed by atoms with Crippen LogP contribution in [0.5, 0.6) is 0 Å². The molecule has 0 saturated heterocycles. The van der Waals surface area contributed by atoms with Gasteiger partial charge >= 0.3 is 6.03 Å². The first-order valence-electron chi connectivity index (χ1n) is 6.81. The van der Waals surface area contributed by atoms with Crippen LogP contribution in [0.15, 0.2) is 92.6 Å². The lowest BCUT2D eigenvalue weighted by molar-refractivity contribution is 0.250. The summed E-state index contributed by atoms with van der Waals surface area (Å²) in [6, 6.07) is 7.88. The van der Waals surface area contributed by atoms with Gasteiger partial charge in [-0.25, -0.2) is 19.7 Å². The number of rotatable bonds is 0. The highest BCUT2D eigenvalue weighted by atomic mass is 16.2. The largest absolute Gasteiger partial charge is 0.351 e. The molecule has 0 aromatic carbocycles. The Labute approximate surface area is 139 Å². The van der Waals surface area contributed by atoms with E-state index in [0.717, 1.165) is 4.57 Å². The van der Waals surface area contributed by atoms with Gasteiger partial charge in [-0.2, -0.15) is 0 Å². The Morgan fingerprint density at radius 2 is 1.21 bits per heavy atom. The van der Waals surface area contributed by atoms with E-state index in [0.29, 0.717) is 0 Å². The maximum absolute atomic E-state index is 11.2. The first-order valence-corrected chi connectivity index (χ1v) is 6.81. The lowest BCUT2D eigenvalue weighted by Gasteiger charge is -1.92. The van der Waals surface area contributed by atoms with E-state index in [1.54, 1.807) is 48.9 Å². The van der Waals surface area contributed by atoms with Crippen LogP contribution in [0.4, 0.5) is 4.79 Å². The van der Waals surface area contributed by atoms with Crippen LogP contribution in [0.2, 0.25) is 0 Å². The van der Waals surface area contributed by atoms with Gasteiger partial charge in [-0.3, -0.25) is 14.5 Å². The van der Waals surface area contributed by atoms with Crippen LogP contribution < -0.4 is 5.73 Å². The highest BCUT2D eigenvalue weighted by molar-refractivity contribution is 5.73. The van der Waals surface area contributed by atoms with Gasteiger partial charge < -0.3 is 5.73 Å². The van der Waals surface area contributed by atoms with Crippen molar-refractivity contribution in [3.05, 3.63) is 92.6 Å². The Hall–Kier alpha value is -3.68. The summed E-state index contributed by atoms with van der Waals surface area (Å²) in [4.78, 5) is 30.9. The van der Waals surface area contributed by atoms with E-state index in [4.69, 9.17) is 5.73 Å². The van der Waals surface area contributed by atoms with Crippen molar-refractivity contribution in [2.24, 2.45) is 5.73 Å². The van der Waals surface area contributed by atoms with Crippen LogP contribution in [0.25, 0.3) is 0 Å². The first kappa shape index (κ1) is 18.4. The third kappa shape index (κ3) is 10.1. The lowest BCUT2D eigenvalue weighted by atomic mass is 10.6. The zero-order valence-electron chi connectivity index (χ0n) is 12.8. The molecule has 0 spiro atoms. The predicted molar refractivity (Wildman–Crippen MR) is 88.9 cm³/mol. The van der Waals surface area contributed by atoms with E-state index < -0.39 is 6.03 Å². The van der Waals surface area contributed by atoms with Gasteiger partial charge in [0.05, 0.1) is 0 Å². The van der Waals surface area contributed by atoms with Crippen molar-refractivity contribution >= 4 is 6.03 Å². The maximum atomic E-state index is 11.2. The Balaban J connectivity index is 3.24. The molecule has 0 unspecified atom stereocenters. The molecular formula is C16H17N7O. The summed E-state index contributed by atoms with van der Waals surface area (Å²) in [7, 11) is 0. The molecule has 0 atom stereocenters. The lowest BCUT2D eigenvalue weighted by Crippen LogP contribution is -2.18. The number of hydrogen-bond acceptors (Lipinski definition) is 6. The fourth-order valence-electron chi connectivity index (χ4n) is 1.14. The fourth-order valence-corrected chi connectivity index (χ4v) is 1.14. The summed E-state index contributed by atoms with van der Waals surface area (Å²) in [6.07, 6.45) is 14.6. The Morgan fingerprint density at radius 1 is 0.667 bits per heavy atom. The Bertz CT molecular complexity index is 691. The van der Waals surface area contributed by atoms with E-state index in [1.165, 1.54) is 43.6 Å². The van der Waals surface area contributed by atoms with Gasteiger partial charge in [-0.15, -0.1) is 0 Å². The quantitative estimate of drug-likeness (QED) is 0.780. The molecule has 0 aliphatic carbocycles. The minimum atomic E-state index is -0.682. The minimum Gasteiger partial charge on any atom is -0.351 e. The molecule has 8 heteroatoms. The number of carbonyl (C=O) groups is 1. The first-order chi connectivity index (χ1) is 11.8. The number of primary amides is 1. The molecule has 0 fully saturated rings. The van der Waals surface area contributed by atoms with Gasteiger partial charge in [0.15, 0.2) is 0 Å². The monoisotopic (exact) mass is 323 g/mol. The fraction of sp³-hybridized carbons (Fsp3) is 0. The standard InChI is InChI=1S/C16H17N7O/c17-16(24)23-13-12-19-11-10-18-6-2-1-3-7-20-14-21-8-4-5-9-22-15-23/h1-15H,(H2,17,24). The van der Waals surface area contributed by atoms with E-state index in [-0.39, 0.29) is 0 Å². The van der Waals surface area contributed by atoms with Crippen LogP contribution in [-0.4, -0.2) is 35.5 Å². The smallest absolute Gasteiger partial charge is 0.324 e.